The number of nitrogens with zero attached hydrogens (tertiary/aromatic N) is 2. The second-order valence-electron chi connectivity index (χ2n) is 3.85. The Kier molecular flexibility index (Phi) is 3.98. The maximum absolute atomic E-state index is 11.7. The summed E-state index contributed by atoms with van der Waals surface area (Å²) in [5.74, 6) is -0.220. The standard InChI is InChI=1S/C13H14N4O/c14-12(10-4-2-1-3-5-10)8-17-13(18)11-6-15-9-16-7-11/h1-7,9,12H,8,14H2,(H,17,18). The monoisotopic (exact) mass is 242 g/mol. The number of carbonyl (C=O) groups is 1. The SMILES string of the molecule is NC(CNC(=O)c1cncnc1)c1ccccc1. The molecule has 0 saturated heterocycles. The van der Waals surface area contributed by atoms with E-state index in [0.29, 0.717) is 12.1 Å². The van der Waals surface area contributed by atoms with Crippen LogP contribution in [0.4, 0.5) is 0 Å². The summed E-state index contributed by atoms with van der Waals surface area (Å²) in [5.41, 5.74) is 7.39. The first-order valence-corrected chi connectivity index (χ1v) is 5.61. The van der Waals surface area contributed by atoms with Crippen molar-refractivity contribution in [3.8, 4) is 0 Å². The van der Waals surface area contributed by atoms with Crippen molar-refractivity contribution in [1.29, 1.82) is 0 Å². The van der Waals surface area contributed by atoms with Crippen LogP contribution in [0, 0.1) is 0 Å². The van der Waals surface area contributed by atoms with Crippen molar-refractivity contribution in [3.63, 3.8) is 0 Å². The van der Waals surface area contributed by atoms with E-state index in [4.69, 9.17) is 5.73 Å². The lowest BCUT2D eigenvalue weighted by atomic mass is 10.1. The lowest BCUT2D eigenvalue weighted by Gasteiger charge is -2.12. The number of amides is 1. The van der Waals surface area contributed by atoms with E-state index >= 15 is 0 Å². The fourth-order valence-corrected chi connectivity index (χ4v) is 1.54. The Morgan fingerprint density at radius 2 is 1.89 bits per heavy atom. The van der Waals surface area contributed by atoms with Gasteiger partial charge < -0.3 is 11.1 Å². The normalized spacial score (nSPS) is 11.8. The van der Waals surface area contributed by atoms with Crippen LogP contribution in [0.2, 0.25) is 0 Å². The van der Waals surface area contributed by atoms with E-state index in [1.807, 2.05) is 30.3 Å². The summed E-state index contributed by atoms with van der Waals surface area (Å²) in [6.45, 7) is 0.373. The molecule has 0 radical (unpaired) electrons. The summed E-state index contributed by atoms with van der Waals surface area (Å²) in [6.07, 6.45) is 4.32. The molecule has 0 aliphatic carbocycles. The highest BCUT2D eigenvalue weighted by atomic mass is 16.1. The summed E-state index contributed by atoms with van der Waals surface area (Å²) in [7, 11) is 0. The highest BCUT2D eigenvalue weighted by Crippen LogP contribution is 2.08. The minimum atomic E-state index is -0.222. The largest absolute Gasteiger partial charge is 0.350 e. The molecule has 0 fully saturated rings. The number of hydrogen-bond donors (Lipinski definition) is 2. The van der Waals surface area contributed by atoms with Crippen LogP contribution in [-0.4, -0.2) is 22.4 Å². The number of nitrogens with one attached hydrogen (secondary N) is 1. The minimum absolute atomic E-state index is 0.220. The Bertz CT molecular complexity index is 501. The lowest BCUT2D eigenvalue weighted by Crippen LogP contribution is -2.32. The first kappa shape index (κ1) is 12.2. The van der Waals surface area contributed by atoms with Crippen molar-refractivity contribution in [2.75, 3.05) is 6.54 Å². The molecule has 0 spiro atoms. The van der Waals surface area contributed by atoms with Crippen molar-refractivity contribution in [2.45, 2.75) is 6.04 Å². The molecule has 5 heteroatoms. The zero-order chi connectivity index (χ0) is 12.8. The van der Waals surface area contributed by atoms with Crippen LogP contribution in [0.25, 0.3) is 0 Å². The van der Waals surface area contributed by atoms with E-state index in [2.05, 4.69) is 15.3 Å². The molecule has 5 nitrogen and oxygen atoms in total. The van der Waals surface area contributed by atoms with Gasteiger partial charge in [0.25, 0.3) is 5.91 Å². The first-order valence-electron chi connectivity index (χ1n) is 5.61. The summed E-state index contributed by atoms with van der Waals surface area (Å²) >= 11 is 0. The molecule has 18 heavy (non-hydrogen) atoms. The van der Waals surface area contributed by atoms with E-state index in [0.717, 1.165) is 5.56 Å². The molecule has 1 amide bonds. The van der Waals surface area contributed by atoms with Crippen molar-refractivity contribution < 1.29 is 4.79 Å². The summed E-state index contributed by atoms with van der Waals surface area (Å²) in [6, 6.07) is 9.41. The first-order chi connectivity index (χ1) is 8.77. The third-order valence-corrected chi connectivity index (χ3v) is 2.53. The van der Waals surface area contributed by atoms with Crippen LogP contribution in [0.1, 0.15) is 22.0 Å². The molecule has 2 aromatic rings. The quantitative estimate of drug-likeness (QED) is 0.835. The molecule has 1 aromatic carbocycles. The van der Waals surface area contributed by atoms with Gasteiger partial charge in [0.1, 0.15) is 6.33 Å². The predicted molar refractivity (Wildman–Crippen MR) is 67.7 cm³/mol. The van der Waals surface area contributed by atoms with Crippen LogP contribution < -0.4 is 11.1 Å². The molecule has 1 unspecified atom stereocenters. The van der Waals surface area contributed by atoms with Gasteiger partial charge in [0.15, 0.2) is 0 Å². The van der Waals surface area contributed by atoms with Gasteiger partial charge >= 0.3 is 0 Å². The van der Waals surface area contributed by atoms with Crippen LogP contribution in [-0.2, 0) is 0 Å². The van der Waals surface area contributed by atoms with E-state index in [-0.39, 0.29) is 11.9 Å². The summed E-state index contributed by atoms with van der Waals surface area (Å²) in [4.78, 5) is 19.3. The Labute approximate surface area is 105 Å². The van der Waals surface area contributed by atoms with Crippen molar-refractivity contribution in [3.05, 3.63) is 60.2 Å². The van der Waals surface area contributed by atoms with Gasteiger partial charge in [-0.15, -0.1) is 0 Å². The predicted octanol–water partition coefficient (Wildman–Crippen LogP) is 0.906. The number of nitrogens with two attached hydrogens (primary N) is 1. The zero-order valence-corrected chi connectivity index (χ0v) is 9.78. The Morgan fingerprint density at radius 1 is 1.22 bits per heavy atom. The fraction of sp³-hybridized carbons (Fsp3) is 0.154. The smallest absolute Gasteiger partial charge is 0.254 e. The molecule has 0 bridgehead atoms. The molecule has 1 heterocycles. The third kappa shape index (κ3) is 3.11. The van der Waals surface area contributed by atoms with Gasteiger partial charge in [-0.2, -0.15) is 0 Å². The highest BCUT2D eigenvalue weighted by Gasteiger charge is 2.09. The topological polar surface area (TPSA) is 80.9 Å². The molecule has 92 valence electrons. The molecular formula is C13H14N4O. The maximum Gasteiger partial charge on any atom is 0.254 e. The average Bonchev–Trinajstić information content (AvgIpc) is 2.46. The van der Waals surface area contributed by atoms with Gasteiger partial charge in [-0.05, 0) is 5.56 Å². The van der Waals surface area contributed by atoms with Gasteiger partial charge in [-0.3, -0.25) is 4.79 Å². The van der Waals surface area contributed by atoms with Crippen molar-refractivity contribution in [2.24, 2.45) is 5.73 Å². The molecule has 1 atom stereocenters. The van der Waals surface area contributed by atoms with Crippen LogP contribution in [0.3, 0.4) is 0 Å². The Morgan fingerprint density at radius 3 is 2.56 bits per heavy atom. The fourth-order valence-electron chi connectivity index (χ4n) is 1.54. The number of benzene rings is 1. The van der Waals surface area contributed by atoms with Crippen LogP contribution in [0.15, 0.2) is 49.1 Å². The zero-order valence-electron chi connectivity index (χ0n) is 9.78. The average molecular weight is 242 g/mol. The number of rotatable bonds is 4. The molecule has 0 saturated carbocycles. The van der Waals surface area contributed by atoms with E-state index in [1.165, 1.54) is 18.7 Å². The number of hydrogen-bond acceptors (Lipinski definition) is 4. The van der Waals surface area contributed by atoms with E-state index < -0.39 is 0 Å². The van der Waals surface area contributed by atoms with E-state index in [9.17, 15) is 4.79 Å². The van der Waals surface area contributed by atoms with Crippen LogP contribution in [0.5, 0.6) is 0 Å². The Balaban J connectivity index is 1.91. The molecule has 3 N–H and O–H groups in total. The molecule has 0 aliphatic rings. The lowest BCUT2D eigenvalue weighted by molar-refractivity contribution is 0.0950. The molecule has 2 rings (SSSR count). The maximum atomic E-state index is 11.7. The third-order valence-electron chi connectivity index (χ3n) is 2.53. The highest BCUT2D eigenvalue weighted by molar-refractivity contribution is 5.93. The van der Waals surface area contributed by atoms with Gasteiger partial charge in [0.2, 0.25) is 0 Å². The van der Waals surface area contributed by atoms with Gasteiger partial charge in [-0.25, -0.2) is 9.97 Å². The molecule has 1 aromatic heterocycles. The van der Waals surface area contributed by atoms with Gasteiger partial charge in [-0.1, -0.05) is 30.3 Å². The summed E-state index contributed by atoms with van der Waals surface area (Å²) in [5, 5.41) is 2.75. The second-order valence-corrected chi connectivity index (χ2v) is 3.85. The number of aromatic nitrogens is 2. The number of carbonyl (C=O) groups excluding carboxylic acids is 1. The minimum Gasteiger partial charge on any atom is -0.350 e. The van der Waals surface area contributed by atoms with Gasteiger partial charge in [0, 0.05) is 25.0 Å². The Hall–Kier alpha value is -2.27. The van der Waals surface area contributed by atoms with Crippen molar-refractivity contribution >= 4 is 5.91 Å². The van der Waals surface area contributed by atoms with E-state index in [1.54, 1.807) is 0 Å². The second kappa shape index (κ2) is 5.88. The molecular weight excluding hydrogens is 228 g/mol. The summed E-state index contributed by atoms with van der Waals surface area (Å²) < 4.78 is 0. The van der Waals surface area contributed by atoms with Crippen molar-refractivity contribution in [1.82, 2.24) is 15.3 Å². The molecule has 0 aliphatic heterocycles. The van der Waals surface area contributed by atoms with Crippen LogP contribution >= 0.6 is 0 Å². The van der Waals surface area contributed by atoms with Gasteiger partial charge in [0.05, 0.1) is 5.56 Å².